The lowest BCUT2D eigenvalue weighted by atomic mass is 9.99. The second-order valence-corrected chi connectivity index (χ2v) is 5.85. The highest BCUT2D eigenvalue weighted by Crippen LogP contribution is 2.36. The highest BCUT2D eigenvalue weighted by Gasteiger charge is 2.41. The first-order chi connectivity index (χ1) is 6.00. The van der Waals surface area contributed by atoms with E-state index in [0.717, 1.165) is 6.04 Å². The van der Waals surface area contributed by atoms with Gasteiger partial charge in [0.2, 0.25) is 0 Å². The van der Waals surface area contributed by atoms with Crippen LogP contribution in [0.15, 0.2) is 0 Å². The fourth-order valence-electron chi connectivity index (χ4n) is 2.44. The highest BCUT2D eigenvalue weighted by molar-refractivity contribution is 9.09. The number of rotatable bonds is 3. The summed E-state index contributed by atoms with van der Waals surface area (Å²) in [7, 11) is 0. The smallest absolute Gasteiger partial charge is 0.0337 e. The Labute approximate surface area is 91.0 Å². The van der Waals surface area contributed by atoms with Crippen LogP contribution in [0, 0.1) is 0 Å². The van der Waals surface area contributed by atoms with Crippen LogP contribution in [0.1, 0.15) is 47.0 Å². The van der Waals surface area contributed by atoms with E-state index in [-0.39, 0.29) is 0 Å². The van der Waals surface area contributed by atoms with Gasteiger partial charge in [-0.2, -0.15) is 0 Å². The molecule has 1 heterocycles. The average molecular weight is 248 g/mol. The fourth-order valence-corrected chi connectivity index (χ4v) is 2.90. The summed E-state index contributed by atoms with van der Waals surface area (Å²) in [5, 5.41) is 0. The van der Waals surface area contributed by atoms with Crippen molar-refractivity contribution in [1.82, 2.24) is 4.90 Å². The first-order valence-electron chi connectivity index (χ1n) is 5.41. The number of hydrogen-bond acceptors (Lipinski definition) is 1. The van der Waals surface area contributed by atoms with Crippen molar-refractivity contribution in [3.8, 4) is 0 Å². The number of likely N-dealkylation sites (tertiary alicyclic amines) is 1. The Morgan fingerprint density at radius 3 is 2.54 bits per heavy atom. The highest BCUT2D eigenvalue weighted by atomic mass is 79.9. The van der Waals surface area contributed by atoms with Crippen LogP contribution in [-0.4, -0.2) is 27.9 Å². The summed E-state index contributed by atoms with van der Waals surface area (Å²) in [6.45, 7) is 10.6. The van der Waals surface area contributed by atoms with Crippen molar-refractivity contribution < 1.29 is 0 Å². The van der Waals surface area contributed by atoms with Gasteiger partial charge in [-0.05, 0) is 33.6 Å². The molecule has 0 spiro atoms. The van der Waals surface area contributed by atoms with E-state index in [9.17, 15) is 0 Å². The molecule has 1 rings (SSSR count). The molecule has 0 aromatic carbocycles. The molecule has 2 heteroatoms. The largest absolute Gasteiger partial charge is 0.294 e. The Balaban J connectivity index is 2.60. The molecule has 2 atom stereocenters. The number of hydrogen-bond donors (Lipinski definition) is 0. The van der Waals surface area contributed by atoms with Gasteiger partial charge in [0.05, 0.1) is 0 Å². The predicted molar refractivity (Wildman–Crippen MR) is 62.5 cm³/mol. The molecule has 78 valence electrons. The lowest BCUT2D eigenvalue weighted by Crippen LogP contribution is -2.47. The minimum atomic E-state index is 0.342. The molecule has 2 unspecified atom stereocenters. The molecule has 1 fully saturated rings. The van der Waals surface area contributed by atoms with E-state index in [1.165, 1.54) is 25.8 Å². The fraction of sp³-hybridized carbons (Fsp3) is 1.00. The van der Waals surface area contributed by atoms with Crippen LogP contribution in [0.3, 0.4) is 0 Å². The van der Waals surface area contributed by atoms with E-state index in [1.807, 2.05) is 0 Å². The van der Waals surface area contributed by atoms with Gasteiger partial charge in [0.15, 0.2) is 0 Å². The van der Waals surface area contributed by atoms with Crippen LogP contribution in [0.25, 0.3) is 0 Å². The second kappa shape index (κ2) is 4.31. The molecule has 0 saturated carbocycles. The minimum absolute atomic E-state index is 0.342. The van der Waals surface area contributed by atoms with E-state index in [2.05, 4.69) is 48.5 Å². The molecule has 0 radical (unpaired) electrons. The summed E-state index contributed by atoms with van der Waals surface area (Å²) >= 11 is 3.78. The lowest BCUT2D eigenvalue weighted by molar-refractivity contribution is 0.122. The maximum Gasteiger partial charge on any atom is 0.0337 e. The third kappa shape index (κ3) is 2.27. The zero-order valence-electron chi connectivity index (χ0n) is 9.31. The molecular weight excluding hydrogens is 226 g/mol. The normalized spacial score (nSPS) is 30.7. The molecular formula is C11H22BrN. The lowest BCUT2D eigenvalue weighted by Gasteiger charge is -2.38. The summed E-state index contributed by atoms with van der Waals surface area (Å²) in [6, 6.07) is 0.738. The van der Waals surface area contributed by atoms with Crippen molar-refractivity contribution in [2.45, 2.75) is 63.4 Å². The maximum absolute atomic E-state index is 3.78. The standard InChI is InChI=1S/C11H22BrN/c1-5-6-9(2)13-8-7-10(12)11(13,3)4/h9-10H,5-8H2,1-4H3. The number of halogens is 1. The van der Waals surface area contributed by atoms with Crippen molar-refractivity contribution in [3.05, 3.63) is 0 Å². The quantitative estimate of drug-likeness (QED) is 0.692. The van der Waals surface area contributed by atoms with Gasteiger partial charge >= 0.3 is 0 Å². The first kappa shape index (κ1) is 11.5. The van der Waals surface area contributed by atoms with E-state index >= 15 is 0 Å². The Kier molecular flexibility index (Phi) is 3.82. The number of alkyl halides is 1. The van der Waals surface area contributed by atoms with Gasteiger partial charge in [0.25, 0.3) is 0 Å². The summed E-state index contributed by atoms with van der Waals surface area (Å²) in [4.78, 5) is 3.31. The van der Waals surface area contributed by atoms with Crippen LogP contribution in [-0.2, 0) is 0 Å². The molecule has 0 aromatic rings. The third-order valence-electron chi connectivity index (χ3n) is 3.37. The molecule has 0 amide bonds. The zero-order chi connectivity index (χ0) is 10.1. The number of nitrogens with zero attached hydrogens (tertiary/aromatic N) is 1. The van der Waals surface area contributed by atoms with E-state index < -0.39 is 0 Å². The van der Waals surface area contributed by atoms with Gasteiger partial charge in [-0.3, -0.25) is 4.90 Å². The van der Waals surface area contributed by atoms with E-state index in [4.69, 9.17) is 0 Å². The zero-order valence-corrected chi connectivity index (χ0v) is 10.9. The molecule has 1 aliphatic rings. The van der Waals surface area contributed by atoms with Gasteiger partial charge in [0, 0.05) is 23.0 Å². The Hall–Kier alpha value is 0.440. The molecule has 1 saturated heterocycles. The van der Waals surface area contributed by atoms with Crippen LogP contribution in [0.4, 0.5) is 0 Å². The van der Waals surface area contributed by atoms with Gasteiger partial charge in [-0.25, -0.2) is 0 Å². The topological polar surface area (TPSA) is 3.24 Å². The van der Waals surface area contributed by atoms with Crippen molar-refractivity contribution in [2.75, 3.05) is 6.54 Å². The molecule has 0 aromatic heterocycles. The van der Waals surface area contributed by atoms with Crippen molar-refractivity contribution in [3.63, 3.8) is 0 Å². The first-order valence-corrected chi connectivity index (χ1v) is 6.32. The van der Waals surface area contributed by atoms with Gasteiger partial charge in [-0.1, -0.05) is 29.3 Å². The van der Waals surface area contributed by atoms with Gasteiger partial charge in [0.1, 0.15) is 0 Å². The molecule has 1 aliphatic heterocycles. The van der Waals surface area contributed by atoms with Crippen LogP contribution in [0.5, 0.6) is 0 Å². The SMILES string of the molecule is CCCC(C)N1CCC(Br)C1(C)C. The summed E-state index contributed by atoms with van der Waals surface area (Å²) in [5.74, 6) is 0. The van der Waals surface area contributed by atoms with E-state index in [0.29, 0.717) is 10.4 Å². The van der Waals surface area contributed by atoms with Crippen molar-refractivity contribution >= 4 is 15.9 Å². The van der Waals surface area contributed by atoms with Crippen LogP contribution in [0.2, 0.25) is 0 Å². The monoisotopic (exact) mass is 247 g/mol. The predicted octanol–water partition coefficient (Wildman–Crippen LogP) is 3.42. The minimum Gasteiger partial charge on any atom is -0.294 e. The Morgan fingerprint density at radius 1 is 1.54 bits per heavy atom. The van der Waals surface area contributed by atoms with E-state index in [1.54, 1.807) is 0 Å². The molecule has 0 aliphatic carbocycles. The molecule has 1 nitrogen and oxygen atoms in total. The molecule has 13 heavy (non-hydrogen) atoms. The van der Waals surface area contributed by atoms with Crippen LogP contribution < -0.4 is 0 Å². The molecule has 0 N–H and O–H groups in total. The van der Waals surface area contributed by atoms with Crippen LogP contribution >= 0.6 is 15.9 Å². The summed E-state index contributed by atoms with van der Waals surface area (Å²) in [5.41, 5.74) is 0.342. The Morgan fingerprint density at radius 2 is 2.15 bits per heavy atom. The maximum atomic E-state index is 3.78. The molecule has 0 bridgehead atoms. The van der Waals surface area contributed by atoms with Gasteiger partial charge < -0.3 is 0 Å². The average Bonchev–Trinajstić information content (AvgIpc) is 2.28. The third-order valence-corrected chi connectivity index (χ3v) is 4.95. The van der Waals surface area contributed by atoms with Crippen molar-refractivity contribution in [1.29, 1.82) is 0 Å². The van der Waals surface area contributed by atoms with Gasteiger partial charge in [-0.15, -0.1) is 0 Å². The Bertz CT molecular complexity index is 167. The summed E-state index contributed by atoms with van der Waals surface area (Å²) in [6.07, 6.45) is 3.91. The second-order valence-electron chi connectivity index (χ2n) is 4.74. The van der Waals surface area contributed by atoms with Crippen molar-refractivity contribution in [2.24, 2.45) is 0 Å². The summed E-state index contributed by atoms with van der Waals surface area (Å²) < 4.78 is 0.